The molecule has 8 heteroatoms. The lowest BCUT2D eigenvalue weighted by Gasteiger charge is -2.14. The van der Waals surface area contributed by atoms with E-state index in [0.29, 0.717) is 36.8 Å². The van der Waals surface area contributed by atoms with Crippen LogP contribution in [0.25, 0.3) is 6.08 Å². The topological polar surface area (TPSA) is 106 Å². The normalized spacial score (nSPS) is 10.4. The first-order valence-electron chi connectivity index (χ1n) is 12.7. The molecule has 0 fully saturated rings. The Morgan fingerprint density at radius 1 is 0.725 bits per heavy atom. The van der Waals surface area contributed by atoms with Gasteiger partial charge in [0, 0.05) is 11.6 Å². The van der Waals surface area contributed by atoms with E-state index in [1.165, 1.54) is 13.2 Å². The molecule has 0 heterocycles. The largest absolute Gasteiger partial charge is 0.493 e. The molecule has 40 heavy (non-hydrogen) atoms. The van der Waals surface area contributed by atoms with Crippen LogP contribution in [-0.2, 0) is 19.6 Å². The summed E-state index contributed by atoms with van der Waals surface area (Å²) >= 11 is 0. The summed E-state index contributed by atoms with van der Waals surface area (Å²) in [6.07, 6.45) is 3.04. The van der Waals surface area contributed by atoms with Crippen molar-refractivity contribution in [3.05, 3.63) is 136 Å². The van der Waals surface area contributed by atoms with Gasteiger partial charge in [-0.15, -0.1) is 0 Å². The number of ether oxygens (including phenoxy) is 4. The van der Waals surface area contributed by atoms with E-state index >= 15 is 0 Å². The van der Waals surface area contributed by atoms with Crippen molar-refractivity contribution in [3.63, 3.8) is 0 Å². The maximum Gasteiger partial charge on any atom is 0.235 e. The third kappa shape index (κ3) is 9.18. The second-order valence-electron chi connectivity index (χ2n) is 8.52. The van der Waals surface area contributed by atoms with Crippen molar-refractivity contribution in [2.45, 2.75) is 19.6 Å². The van der Waals surface area contributed by atoms with E-state index in [-0.39, 0.29) is 0 Å². The first kappa shape index (κ1) is 29.7. The maximum absolute atomic E-state index is 10.4. The van der Waals surface area contributed by atoms with Gasteiger partial charge in [-0.05, 0) is 41.8 Å². The molecular formula is C32H34N2O6. The van der Waals surface area contributed by atoms with Crippen molar-refractivity contribution < 1.29 is 23.9 Å². The summed E-state index contributed by atoms with van der Waals surface area (Å²) in [5.41, 5.74) is 9.45. The molecule has 0 aliphatic rings. The Morgan fingerprint density at radius 3 is 1.75 bits per heavy atom. The number of nitro groups is 1. The second kappa shape index (κ2) is 16.2. The molecule has 4 aromatic carbocycles. The SMILES string of the molecule is COc1c(/C=C/[N+](=O)[O-])cccc1OCc1ccccc1.COc1c(CCN)cccc1OCc1ccccc1. The van der Waals surface area contributed by atoms with Gasteiger partial charge in [-0.1, -0.05) is 84.9 Å². The van der Waals surface area contributed by atoms with Gasteiger partial charge in [-0.2, -0.15) is 0 Å². The van der Waals surface area contributed by atoms with Crippen LogP contribution < -0.4 is 24.7 Å². The van der Waals surface area contributed by atoms with Crippen LogP contribution in [0, 0.1) is 10.1 Å². The molecule has 4 rings (SSSR count). The number of rotatable bonds is 12. The van der Waals surface area contributed by atoms with Crippen molar-refractivity contribution in [1.82, 2.24) is 0 Å². The monoisotopic (exact) mass is 542 g/mol. The molecular weight excluding hydrogens is 508 g/mol. The molecule has 0 bridgehead atoms. The molecule has 4 aromatic rings. The van der Waals surface area contributed by atoms with Crippen molar-refractivity contribution in [2.75, 3.05) is 20.8 Å². The van der Waals surface area contributed by atoms with Crippen LogP contribution >= 0.6 is 0 Å². The minimum absolute atomic E-state index is 0.402. The number of para-hydroxylation sites is 2. The molecule has 0 saturated heterocycles. The fraction of sp³-hybridized carbons (Fsp3) is 0.188. The van der Waals surface area contributed by atoms with E-state index in [1.807, 2.05) is 78.9 Å². The number of nitrogens with zero attached hydrogens (tertiary/aromatic N) is 1. The van der Waals surface area contributed by atoms with Gasteiger partial charge in [0.05, 0.1) is 19.1 Å². The van der Waals surface area contributed by atoms with Gasteiger partial charge in [0.15, 0.2) is 23.0 Å². The summed E-state index contributed by atoms with van der Waals surface area (Å²) in [6.45, 7) is 1.53. The predicted octanol–water partition coefficient (Wildman–Crippen LogP) is 6.30. The lowest BCUT2D eigenvalue weighted by Crippen LogP contribution is -2.05. The van der Waals surface area contributed by atoms with Gasteiger partial charge in [-0.25, -0.2) is 0 Å². The van der Waals surface area contributed by atoms with E-state index in [2.05, 4.69) is 0 Å². The fourth-order valence-electron chi connectivity index (χ4n) is 3.87. The Balaban J connectivity index is 0.000000222. The first-order chi connectivity index (χ1) is 19.5. The van der Waals surface area contributed by atoms with E-state index in [4.69, 9.17) is 24.7 Å². The highest BCUT2D eigenvalue weighted by Crippen LogP contribution is 2.33. The van der Waals surface area contributed by atoms with E-state index in [9.17, 15) is 10.1 Å². The third-order valence-corrected chi connectivity index (χ3v) is 5.74. The molecule has 0 radical (unpaired) electrons. The Morgan fingerprint density at radius 2 is 1.25 bits per heavy atom. The molecule has 208 valence electrons. The number of hydrogen-bond donors (Lipinski definition) is 1. The Kier molecular flexibility index (Phi) is 12.0. The number of nitrogens with two attached hydrogens (primary N) is 1. The van der Waals surface area contributed by atoms with Crippen LogP contribution in [0.15, 0.2) is 103 Å². The Hall–Kier alpha value is -4.82. The second-order valence-corrected chi connectivity index (χ2v) is 8.52. The van der Waals surface area contributed by atoms with Crippen LogP contribution in [0.4, 0.5) is 0 Å². The molecule has 0 amide bonds. The van der Waals surface area contributed by atoms with Gasteiger partial charge in [0.2, 0.25) is 6.20 Å². The van der Waals surface area contributed by atoms with Gasteiger partial charge >= 0.3 is 0 Å². The maximum atomic E-state index is 10.4. The van der Waals surface area contributed by atoms with Crippen LogP contribution in [0.3, 0.4) is 0 Å². The lowest BCUT2D eigenvalue weighted by molar-refractivity contribution is -0.400. The third-order valence-electron chi connectivity index (χ3n) is 5.74. The molecule has 0 unspecified atom stereocenters. The summed E-state index contributed by atoms with van der Waals surface area (Å²) in [5, 5.41) is 10.4. The number of methoxy groups -OCH3 is 2. The van der Waals surface area contributed by atoms with E-state index < -0.39 is 4.92 Å². The van der Waals surface area contributed by atoms with Crippen molar-refractivity contribution >= 4 is 6.08 Å². The summed E-state index contributed by atoms with van der Waals surface area (Å²) in [6, 6.07) is 31.0. The fourth-order valence-corrected chi connectivity index (χ4v) is 3.87. The predicted molar refractivity (Wildman–Crippen MR) is 156 cm³/mol. The van der Waals surface area contributed by atoms with Crippen LogP contribution in [0.5, 0.6) is 23.0 Å². The zero-order valence-electron chi connectivity index (χ0n) is 22.7. The molecule has 0 aromatic heterocycles. The van der Waals surface area contributed by atoms with Gasteiger partial charge < -0.3 is 24.7 Å². The highest BCUT2D eigenvalue weighted by Gasteiger charge is 2.10. The first-order valence-corrected chi connectivity index (χ1v) is 12.7. The average Bonchev–Trinajstić information content (AvgIpc) is 2.99. The summed E-state index contributed by atoms with van der Waals surface area (Å²) in [4.78, 5) is 9.90. The highest BCUT2D eigenvalue weighted by molar-refractivity contribution is 5.61. The molecule has 0 aliphatic carbocycles. The number of hydrogen-bond acceptors (Lipinski definition) is 7. The zero-order chi connectivity index (χ0) is 28.6. The summed E-state index contributed by atoms with van der Waals surface area (Å²) < 4.78 is 22.3. The Labute approximate surface area is 234 Å². The van der Waals surface area contributed by atoms with E-state index in [1.54, 1.807) is 25.3 Å². The molecule has 0 atom stereocenters. The standard InChI is InChI=1S/C16H15NO4.C16H19NO2/c1-20-16-14(10-11-17(18)19)8-5-9-15(16)21-12-13-6-3-2-4-7-13;1-18-16-14(10-11-17)8-5-9-15(16)19-12-13-6-3-2-4-7-13/h2-11H,12H2,1H3;2-9H,10-12,17H2,1H3/b11-10+;. The van der Waals surface area contributed by atoms with Gasteiger partial charge in [-0.3, -0.25) is 10.1 Å². The van der Waals surface area contributed by atoms with Crippen molar-refractivity contribution in [1.29, 1.82) is 0 Å². The number of benzene rings is 4. The van der Waals surface area contributed by atoms with Crippen LogP contribution in [0.1, 0.15) is 22.3 Å². The molecule has 0 spiro atoms. The summed E-state index contributed by atoms with van der Waals surface area (Å²) in [7, 11) is 3.17. The molecule has 0 saturated carbocycles. The van der Waals surface area contributed by atoms with Crippen molar-refractivity contribution in [3.8, 4) is 23.0 Å². The minimum atomic E-state index is -0.517. The lowest BCUT2D eigenvalue weighted by atomic mass is 10.1. The van der Waals surface area contributed by atoms with Gasteiger partial charge in [0.25, 0.3) is 0 Å². The highest BCUT2D eigenvalue weighted by atomic mass is 16.6. The van der Waals surface area contributed by atoms with Gasteiger partial charge in [0.1, 0.15) is 13.2 Å². The molecule has 8 nitrogen and oxygen atoms in total. The smallest absolute Gasteiger partial charge is 0.235 e. The Bertz CT molecular complexity index is 1360. The van der Waals surface area contributed by atoms with Crippen molar-refractivity contribution in [2.24, 2.45) is 5.73 Å². The zero-order valence-corrected chi connectivity index (χ0v) is 22.7. The summed E-state index contributed by atoms with van der Waals surface area (Å²) in [5.74, 6) is 2.57. The quantitative estimate of drug-likeness (QED) is 0.165. The van der Waals surface area contributed by atoms with Crippen LogP contribution in [0.2, 0.25) is 0 Å². The van der Waals surface area contributed by atoms with E-state index in [0.717, 1.165) is 40.8 Å². The van der Waals surface area contributed by atoms with Crippen LogP contribution in [-0.4, -0.2) is 25.7 Å². The minimum Gasteiger partial charge on any atom is -0.493 e. The molecule has 0 aliphatic heterocycles. The average molecular weight is 543 g/mol. The molecule has 2 N–H and O–H groups in total.